The molecule has 0 aliphatic carbocycles. The summed E-state index contributed by atoms with van der Waals surface area (Å²) in [5, 5.41) is 8.64. The Bertz CT molecular complexity index is 1050. The normalized spacial score (nSPS) is 10.6. The molecule has 0 aliphatic heterocycles. The van der Waals surface area contributed by atoms with Crippen LogP contribution in [0, 0.1) is 0 Å². The van der Waals surface area contributed by atoms with E-state index >= 15 is 0 Å². The van der Waals surface area contributed by atoms with E-state index in [-0.39, 0.29) is 6.54 Å². The summed E-state index contributed by atoms with van der Waals surface area (Å²) in [6.07, 6.45) is 1.43. The SMILES string of the molecule is O=C(CNC(=O)c1ccc(Cl)cc1)N/N=C\c1ccc(OC(=O)c2cccs2)cc1. The number of amides is 2. The highest BCUT2D eigenvalue weighted by Crippen LogP contribution is 2.16. The van der Waals surface area contributed by atoms with E-state index in [1.807, 2.05) is 0 Å². The van der Waals surface area contributed by atoms with Crippen molar-refractivity contribution in [2.24, 2.45) is 5.10 Å². The topological polar surface area (TPSA) is 96.9 Å². The summed E-state index contributed by atoms with van der Waals surface area (Å²) in [6.45, 7) is -0.226. The smallest absolute Gasteiger partial charge is 0.353 e. The summed E-state index contributed by atoms with van der Waals surface area (Å²) in [5.74, 6) is -0.882. The zero-order valence-corrected chi connectivity index (χ0v) is 17.1. The van der Waals surface area contributed by atoms with Gasteiger partial charge in [0.2, 0.25) is 0 Å². The Morgan fingerprint density at radius 2 is 1.77 bits per heavy atom. The second-order valence-corrected chi connectivity index (χ2v) is 7.30. The lowest BCUT2D eigenvalue weighted by molar-refractivity contribution is -0.120. The van der Waals surface area contributed by atoms with Crippen LogP contribution in [0.3, 0.4) is 0 Å². The fourth-order valence-electron chi connectivity index (χ4n) is 2.26. The van der Waals surface area contributed by atoms with E-state index in [0.29, 0.717) is 26.8 Å². The van der Waals surface area contributed by atoms with E-state index < -0.39 is 17.8 Å². The molecule has 0 unspecified atom stereocenters. The first-order valence-corrected chi connectivity index (χ1v) is 9.98. The first-order chi connectivity index (χ1) is 14.5. The number of benzene rings is 2. The highest BCUT2D eigenvalue weighted by atomic mass is 35.5. The second-order valence-electron chi connectivity index (χ2n) is 5.92. The van der Waals surface area contributed by atoms with Crippen LogP contribution in [0.5, 0.6) is 5.75 Å². The third-order valence-corrected chi connectivity index (χ3v) is 4.83. The second kappa shape index (κ2) is 10.3. The van der Waals surface area contributed by atoms with Crippen LogP contribution < -0.4 is 15.5 Å². The average Bonchev–Trinajstić information content (AvgIpc) is 3.29. The van der Waals surface area contributed by atoms with Crippen molar-refractivity contribution in [2.75, 3.05) is 6.54 Å². The molecule has 1 aromatic heterocycles. The number of carbonyl (C=O) groups is 3. The number of ether oxygens (including phenoxy) is 1. The van der Waals surface area contributed by atoms with E-state index in [1.165, 1.54) is 17.6 Å². The zero-order chi connectivity index (χ0) is 21.3. The fraction of sp³-hybridized carbons (Fsp3) is 0.0476. The minimum Gasteiger partial charge on any atom is -0.422 e. The van der Waals surface area contributed by atoms with E-state index in [9.17, 15) is 14.4 Å². The van der Waals surface area contributed by atoms with Gasteiger partial charge in [-0.15, -0.1) is 11.3 Å². The number of carbonyl (C=O) groups excluding carboxylic acids is 3. The van der Waals surface area contributed by atoms with Crippen LogP contribution in [-0.4, -0.2) is 30.5 Å². The van der Waals surface area contributed by atoms with Gasteiger partial charge in [0.25, 0.3) is 11.8 Å². The molecule has 0 fully saturated rings. The van der Waals surface area contributed by atoms with Crippen molar-refractivity contribution in [1.82, 2.24) is 10.7 Å². The zero-order valence-electron chi connectivity index (χ0n) is 15.5. The Morgan fingerprint density at radius 1 is 1.03 bits per heavy atom. The monoisotopic (exact) mass is 441 g/mol. The maximum absolute atomic E-state index is 11.9. The number of nitrogens with zero attached hydrogens (tertiary/aromatic N) is 1. The molecule has 0 spiro atoms. The molecule has 152 valence electrons. The van der Waals surface area contributed by atoms with Crippen LogP contribution >= 0.6 is 22.9 Å². The molecular formula is C21H16ClN3O4S. The molecule has 2 N–H and O–H groups in total. The van der Waals surface area contributed by atoms with E-state index in [0.717, 1.165) is 0 Å². The molecule has 7 nitrogen and oxygen atoms in total. The molecule has 0 radical (unpaired) electrons. The van der Waals surface area contributed by atoms with Gasteiger partial charge in [-0.2, -0.15) is 5.10 Å². The summed E-state index contributed by atoms with van der Waals surface area (Å²) < 4.78 is 5.26. The lowest BCUT2D eigenvalue weighted by Crippen LogP contribution is -2.34. The largest absolute Gasteiger partial charge is 0.422 e. The first kappa shape index (κ1) is 21.2. The number of esters is 1. The van der Waals surface area contributed by atoms with Gasteiger partial charge in [-0.3, -0.25) is 9.59 Å². The first-order valence-electron chi connectivity index (χ1n) is 8.73. The summed E-state index contributed by atoms with van der Waals surface area (Å²) in [5.41, 5.74) is 3.41. The Kier molecular flexibility index (Phi) is 7.31. The van der Waals surface area contributed by atoms with Gasteiger partial charge in [0.1, 0.15) is 10.6 Å². The lowest BCUT2D eigenvalue weighted by Gasteiger charge is -2.04. The highest BCUT2D eigenvalue weighted by Gasteiger charge is 2.09. The number of thiophene rings is 1. The quantitative estimate of drug-likeness (QED) is 0.254. The van der Waals surface area contributed by atoms with Crippen molar-refractivity contribution in [3.63, 3.8) is 0 Å². The van der Waals surface area contributed by atoms with Crippen LogP contribution in [0.1, 0.15) is 25.6 Å². The van der Waals surface area contributed by atoms with Crippen molar-refractivity contribution >= 4 is 46.9 Å². The molecule has 2 amide bonds. The fourth-order valence-corrected chi connectivity index (χ4v) is 2.98. The van der Waals surface area contributed by atoms with Gasteiger partial charge in [0.15, 0.2) is 0 Å². The summed E-state index contributed by atoms with van der Waals surface area (Å²) in [6, 6.07) is 16.4. The van der Waals surface area contributed by atoms with Crippen molar-refractivity contribution in [3.8, 4) is 5.75 Å². The summed E-state index contributed by atoms with van der Waals surface area (Å²) in [4.78, 5) is 36.1. The number of hydrogen-bond acceptors (Lipinski definition) is 6. The molecule has 0 bridgehead atoms. The Hall–Kier alpha value is -3.49. The van der Waals surface area contributed by atoms with Crippen LogP contribution in [-0.2, 0) is 4.79 Å². The molecule has 0 saturated heterocycles. The minimum atomic E-state index is -0.477. The standard InChI is InChI=1S/C21H16ClN3O4S/c22-16-7-5-15(6-8-16)20(27)23-13-19(26)25-24-12-14-3-9-17(10-4-14)29-21(28)18-2-1-11-30-18/h1-12H,13H2,(H,23,27)(H,25,26)/b24-12-. The van der Waals surface area contributed by atoms with Crippen LogP contribution in [0.4, 0.5) is 0 Å². The lowest BCUT2D eigenvalue weighted by atomic mass is 10.2. The predicted molar refractivity (Wildman–Crippen MR) is 115 cm³/mol. The van der Waals surface area contributed by atoms with Crippen LogP contribution in [0.15, 0.2) is 71.1 Å². The van der Waals surface area contributed by atoms with E-state index in [2.05, 4.69) is 15.8 Å². The van der Waals surface area contributed by atoms with Gasteiger partial charge in [-0.25, -0.2) is 10.2 Å². The number of nitrogens with one attached hydrogen (secondary N) is 2. The van der Waals surface area contributed by atoms with Gasteiger partial charge < -0.3 is 10.1 Å². The van der Waals surface area contributed by atoms with Gasteiger partial charge in [0.05, 0.1) is 12.8 Å². The van der Waals surface area contributed by atoms with E-state index in [4.69, 9.17) is 16.3 Å². The molecule has 1 heterocycles. The Balaban J connectivity index is 1.43. The van der Waals surface area contributed by atoms with Crippen molar-refractivity contribution in [3.05, 3.63) is 87.1 Å². The van der Waals surface area contributed by atoms with Crippen LogP contribution in [0.2, 0.25) is 5.02 Å². The molecule has 3 rings (SSSR count). The molecule has 0 saturated carbocycles. The number of rotatable bonds is 7. The molecular weight excluding hydrogens is 426 g/mol. The Morgan fingerprint density at radius 3 is 2.43 bits per heavy atom. The Labute approximate surface area is 181 Å². The molecule has 9 heteroatoms. The average molecular weight is 442 g/mol. The summed E-state index contributed by atoms with van der Waals surface area (Å²) >= 11 is 7.07. The van der Waals surface area contributed by atoms with E-state index in [1.54, 1.807) is 66.0 Å². The minimum absolute atomic E-state index is 0.226. The molecule has 0 atom stereocenters. The predicted octanol–water partition coefficient (Wildman–Crippen LogP) is 3.50. The number of halogens is 1. The van der Waals surface area contributed by atoms with Gasteiger partial charge in [0, 0.05) is 10.6 Å². The number of hydrazone groups is 1. The highest BCUT2D eigenvalue weighted by molar-refractivity contribution is 7.12. The van der Waals surface area contributed by atoms with Crippen molar-refractivity contribution in [2.45, 2.75) is 0 Å². The van der Waals surface area contributed by atoms with Gasteiger partial charge in [-0.05, 0) is 65.5 Å². The molecule has 0 aliphatic rings. The van der Waals surface area contributed by atoms with Crippen molar-refractivity contribution in [1.29, 1.82) is 0 Å². The maximum Gasteiger partial charge on any atom is 0.353 e. The van der Waals surface area contributed by atoms with Gasteiger partial charge >= 0.3 is 5.97 Å². The third kappa shape index (κ3) is 6.26. The molecule has 2 aromatic carbocycles. The van der Waals surface area contributed by atoms with Crippen molar-refractivity contribution < 1.29 is 19.1 Å². The third-order valence-electron chi connectivity index (χ3n) is 3.73. The number of hydrogen-bond donors (Lipinski definition) is 2. The molecule has 30 heavy (non-hydrogen) atoms. The maximum atomic E-state index is 11.9. The molecule has 3 aromatic rings. The van der Waals surface area contributed by atoms with Crippen LogP contribution in [0.25, 0.3) is 0 Å². The summed E-state index contributed by atoms with van der Waals surface area (Å²) in [7, 11) is 0. The van der Waals surface area contributed by atoms with Gasteiger partial charge in [-0.1, -0.05) is 17.7 Å².